The van der Waals surface area contributed by atoms with Gasteiger partial charge in [0.15, 0.2) is 11.5 Å². The number of anilines is 1. The Labute approximate surface area is 166 Å². The molecule has 156 valence electrons. The van der Waals surface area contributed by atoms with Gasteiger partial charge in [0, 0.05) is 43.5 Å². The van der Waals surface area contributed by atoms with E-state index in [1.807, 2.05) is 17.0 Å². The van der Waals surface area contributed by atoms with Crippen LogP contribution in [-0.4, -0.2) is 38.0 Å². The van der Waals surface area contributed by atoms with E-state index < -0.39 is 11.7 Å². The Balaban J connectivity index is 1.39. The van der Waals surface area contributed by atoms with E-state index in [2.05, 4.69) is 10.3 Å². The maximum atomic E-state index is 12.7. The smallest absolute Gasteiger partial charge is 0.417 e. The van der Waals surface area contributed by atoms with Crippen LogP contribution in [0.4, 0.5) is 19.0 Å². The van der Waals surface area contributed by atoms with Gasteiger partial charge in [-0.25, -0.2) is 4.98 Å². The lowest BCUT2D eigenvalue weighted by molar-refractivity contribution is -0.137. The lowest BCUT2D eigenvalue weighted by Crippen LogP contribution is -2.45. The quantitative estimate of drug-likeness (QED) is 0.815. The summed E-state index contributed by atoms with van der Waals surface area (Å²) in [6.45, 7) is 2.22. The molecule has 9 heteroatoms. The monoisotopic (exact) mass is 409 g/mol. The minimum atomic E-state index is -4.37. The van der Waals surface area contributed by atoms with Gasteiger partial charge >= 0.3 is 6.18 Å². The van der Waals surface area contributed by atoms with Gasteiger partial charge in [0.25, 0.3) is 0 Å². The number of hydrogen-bond acceptors (Lipinski definition) is 6. The number of alkyl halides is 3. The Kier molecular flexibility index (Phi) is 5.40. The molecular formula is C20H22F3N3O3. The van der Waals surface area contributed by atoms with Gasteiger partial charge in [0.1, 0.15) is 11.6 Å². The number of benzene rings is 1. The molecule has 0 aliphatic carbocycles. The Bertz CT molecular complexity index is 859. The topological polar surface area (TPSA) is 55.9 Å². The summed E-state index contributed by atoms with van der Waals surface area (Å²) in [7, 11) is 1.61. The highest BCUT2D eigenvalue weighted by Crippen LogP contribution is 2.38. The van der Waals surface area contributed by atoms with Crippen molar-refractivity contribution in [2.45, 2.75) is 31.6 Å². The third kappa shape index (κ3) is 4.34. The summed E-state index contributed by atoms with van der Waals surface area (Å²) in [5.74, 6) is 2.65. The molecule has 1 unspecified atom stereocenters. The summed E-state index contributed by atoms with van der Waals surface area (Å²) >= 11 is 0. The summed E-state index contributed by atoms with van der Waals surface area (Å²) in [5.41, 5.74) is 0.226. The Morgan fingerprint density at radius 1 is 1.24 bits per heavy atom. The van der Waals surface area contributed by atoms with Crippen molar-refractivity contribution in [3.63, 3.8) is 0 Å². The highest BCUT2D eigenvalue weighted by molar-refractivity contribution is 5.51. The van der Waals surface area contributed by atoms with Crippen LogP contribution in [0.5, 0.6) is 17.2 Å². The van der Waals surface area contributed by atoms with Crippen LogP contribution < -0.4 is 24.4 Å². The molecule has 2 aliphatic heterocycles. The molecule has 1 N–H and O–H groups in total. The molecule has 2 aromatic rings. The fraction of sp³-hybridized carbons (Fsp3) is 0.450. The Morgan fingerprint density at radius 2 is 2.03 bits per heavy atom. The zero-order valence-electron chi connectivity index (χ0n) is 16.0. The first kappa shape index (κ1) is 19.6. The van der Waals surface area contributed by atoms with Gasteiger partial charge in [-0.3, -0.25) is 0 Å². The molecule has 0 spiro atoms. The number of ether oxygens (including phenoxy) is 3. The maximum Gasteiger partial charge on any atom is 0.417 e. The summed E-state index contributed by atoms with van der Waals surface area (Å²) in [4.78, 5) is 6.03. The van der Waals surface area contributed by atoms with Crippen LogP contribution in [0.3, 0.4) is 0 Å². The number of hydrogen-bond donors (Lipinski definition) is 1. The number of aromatic nitrogens is 1. The molecule has 6 nitrogen and oxygen atoms in total. The zero-order valence-corrected chi connectivity index (χ0v) is 16.0. The van der Waals surface area contributed by atoms with Gasteiger partial charge in [-0.2, -0.15) is 13.2 Å². The number of nitrogens with one attached hydrogen (secondary N) is 1. The van der Waals surface area contributed by atoms with Gasteiger partial charge in [-0.1, -0.05) is 0 Å². The van der Waals surface area contributed by atoms with Gasteiger partial charge in [0.05, 0.1) is 12.7 Å². The second-order valence-corrected chi connectivity index (χ2v) is 7.09. The van der Waals surface area contributed by atoms with Crippen LogP contribution in [0.25, 0.3) is 0 Å². The number of rotatable bonds is 5. The molecule has 0 radical (unpaired) electrons. The molecule has 1 fully saturated rings. The average molecular weight is 409 g/mol. The normalized spacial score (nSPS) is 18.8. The zero-order chi connectivity index (χ0) is 20.4. The van der Waals surface area contributed by atoms with Crippen molar-refractivity contribution in [3.8, 4) is 17.2 Å². The van der Waals surface area contributed by atoms with Crippen molar-refractivity contribution >= 4 is 5.82 Å². The van der Waals surface area contributed by atoms with Crippen LogP contribution in [0, 0.1) is 0 Å². The number of piperidine rings is 1. The SMILES string of the molecule is COc1cc2c(cc1CNC1CCCN(c3ccc(C(F)(F)F)cn3)C1)OCO2. The standard InChI is InChI=1S/C20H22F3N3O3/c1-27-16-8-18-17(28-12-29-18)7-13(16)9-24-15-3-2-6-26(11-15)19-5-4-14(10-25-19)20(21,22)23/h4-5,7-8,10,15,24H,2-3,6,9,11-12H2,1H3. The Morgan fingerprint density at radius 3 is 2.72 bits per heavy atom. The molecule has 4 rings (SSSR count). The van der Waals surface area contributed by atoms with Crippen molar-refractivity contribution in [2.75, 3.05) is 31.9 Å². The number of nitrogens with zero attached hydrogens (tertiary/aromatic N) is 2. The lowest BCUT2D eigenvalue weighted by Gasteiger charge is -2.34. The third-order valence-electron chi connectivity index (χ3n) is 5.18. The number of pyridine rings is 1. The van der Waals surface area contributed by atoms with E-state index in [-0.39, 0.29) is 12.8 Å². The molecule has 1 aromatic heterocycles. The van der Waals surface area contributed by atoms with E-state index in [1.165, 1.54) is 6.07 Å². The minimum Gasteiger partial charge on any atom is -0.496 e. The summed E-state index contributed by atoms with van der Waals surface area (Å²) in [5, 5.41) is 3.51. The molecule has 2 aliphatic rings. The highest BCUT2D eigenvalue weighted by atomic mass is 19.4. The predicted molar refractivity (Wildman–Crippen MR) is 100 cm³/mol. The van der Waals surface area contributed by atoms with Crippen molar-refractivity contribution in [2.24, 2.45) is 0 Å². The predicted octanol–water partition coefficient (Wildman–Crippen LogP) is 3.60. The second-order valence-electron chi connectivity index (χ2n) is 7.09. The van der Waals surface area contributed by atoms with Crippen LogP contribution in [0.2, 0.25) is 0 Å². The first-order valence-electron chi connectivity index (χ1n) is 9.42. The van der Waals surface area contributed by atoms with Gasteiger partial charge in [0.2, 0.25) is 6.79 Å². The average Bonchev–Trinajstić information content (AvgIpc) is 3.18. The molecular weight excluding hydrogens is 387 g/mol. The van der Waals surface area contributed by atoms with E-state index in [4.69, 9.17) is 14.2 Å². The van der Waals surface area contributed by atoms with E-state index in [1.54, 1.807) is 7.11 Å². The van der Waals surface area contributed by atoms with Crippen LogP contribution in [0.15, 0.2) is 30.5 Å². The van der Waals surface area contributed by atoms with Crippen LogP contribution in [-0.2, 0) is 12.7 Å². The third-order valence-corrected chi connectivity index (χ3v) is 5.18. The highest BCUT2D eigenvalue weighted by Gasteiger charge is 2.31. The molecule has 29 heavy (non-hydrogen) atoms. The van der Waals surface area contributed by atoms with Gasteiger partial charge < -0.3 is 24.4 Å². The van der Waals surface area contributed by atoms with E-state index in [0.717, 1.165) is 43.0 Å². The molecule has 0 amide bonds. The fourth-order valence-electron chi connectivity index (χ4n) is 3.64. The van der Waals surface area contributed by atoms with Crippen molar-refractivity contribution in [1.29, 1.82) is 0 Å². The first-order chi connectivity index (χ1) is 13.9. The number of halogens is 3. The van der Waals surface area contributed by atoms with Crippen LogP contribution in [0.1, 0.15) is 24.0 Å². The first-order valence-corrected chi connectivity index (χ1v) is 9.42. The summed E-state index contributed by atoms with van der Waals surface area (Å²) < 4.78 is 54.5. The molecule has 0 saturated carbocycles. The summed E-state index contributed by atoms with van der Waals surface area (Å²) in [6, 6.07) is 6.43. The molecule has 0 bridgehead atoms. The molecule has 3 heterocycles. The van der Waals surface area contributed by atoms with Crippen molar-refractivity contribution in [3.05, 3.63) is 41.6 Å². The molecule has 1 saturated heterocycles. The van der Waals surface area contributed by atoms with Crippen molar-refractivity contribution < 1.29 is 27.4 Å². The number of methoxy groups -OCH3 is 1. The van der Waals surface area contributed by atoms with Gasteiger partial charge in [-0.15, -0.1) is 0 Å². The summed E-state index contributed by atoms with van der Waals surface area (Å²) in [6.07, 6.45) is -1.58. The van der Waals surface area contributed by atoms with Gasteiger partial charge in [-0.05, 0) is 31.0 Å². The van der Waals surface area contributed by atoms with Crippen molar-refractivity contribution in [1.82, 2.24) is 10.3 Å². The fourth-order valence-corrected chi connectivity index (χ4v) is 3.64. The van der Waals surface area contributed by atoms with E-state index in [0.29, 0.717) is 30.4 Å². The second kappa shape index (κ2) is 7.98. The molecule has 1 atom stereocenters. The number of fused-ring (bicyclic) bond motifs is 1. The maximum absolute atomic E-state index is 12.7. The minimum absolute atomic E-state index is 0.183. The van der Waals surface area contributed by atoms with E-state index in [9.17, 15) is 13.2 Å². The van der Waals surface area contributed by atoms with Crippen LogP contribution >= 0.6 is 0 Å². The molecule has 1 aromatic carbocycles. The van der Waals surface area contributed by atoms with E-state index >= 15 is 0 Å². The largest absolute Gasteiger partial charge is 0.496 e. The Hall–Kier alpha value is -2.68. The lowest BCUT2D eigenvalue weighted by atomic mass is 10.0.